The lowest BCUT2D eigenvalue weighted by molar-refractivity contribution is -0.722. The Labute approximate surface area is 173 Å². The maximum atomic E-state index is 12.7. The molecule has 1 aliphatic heterocycles. The number of benzene rings is 1. The van der Waals surface area contributed by atoms with Crippen LogP contribution in [0.15, 0.2) is 29.3 Å². The molecule has 1 aromatic heterocycles. The highest BCUT2D eigenvalue weighted by atomic mass is 127. The van der Waals surface area contributed by atoms with E-state index in [4.69, 9.17) is 4.74 Å². The SMILES string of the molecule is COc1ccc(C(=O)C[NH+](C2=NCCN2)c2nnc(C(C)C)s2)cc1.[I-]. The summed E-state index contributed by atoms with van der Waals surface area (Å²) in [5.74, 6) is 1.82. The third-order valence-electron chi connectivity index (χ3n) is 3.90. The molecule has 7 nitrogen and oxygen atoms in total. The van der Waals surface area contributed by atoms with Gasteiger partial charge in [0, 0.05) is 18.0 Å². The van der Waals surface area contributed by atoms with Gasteiger partial charge in [0.05, 0.1) is 13.7 Å². The average Bonchev–Trinajstić information content (AvgIpc) is 3.31. The van der Waals surface area contributed by atoms with Crippen molar-refractivity contribution in [2.24, 2.45) is 4.99 Å². The number of nitrogens with zero attached hydrogens (tertiary/aromatic N) is 3. The molecule has 140 valence electrons. The molecule has 0 amide bonds. The van der Waals surface area contributed by atoms with Crippen LogP contribution in [0.1, 0.15) is 35.1 Å². The summed E-state index contributed by atoms with van der Waals surface area (Å²) < 4.78 is 5.14. The topological polar surface area (TPSA) is 80.9 Å². The molecular weight excluding hydrogens is 465 g/mol. The number of ether oxygens (including phenoxy) is 1. The first-order valence-electron chi connectivity index (χ1n) is 8.24. The summed E-state index contributed by atoms with van der Waals surface area (Å²) in [4.78, 5) is 18.0. The van der Waals surface area contributed by atoms with Crippen molar-refractivity contribution >= 4 is 28.2 Å². The van der Waals surface area contributed by atoms with Crippen molar-refractivity contribution in [2.75, 3.05) is 26.7 Å². The first-order chi connectivity index (χ1) is 12.1. The van der Waals surface area contributed by atoms with Crippen LogP contribution in [0.2, 0.25) is 0 Å². The number of hydrogen-bond donors (Lipinski definition) is 2. The number of hydrogen-bond acceptors (Lipinski definition) is 7. The maximum absolute atomic E-state index is 12.7. The fourth-order valence-corrected chi connectivity index (χ4v) is 3.38. The Morgan fingerprint density at radius 2 is 2.04 bits per heavy atom. The maximum Gasteiger partial charge on any atom is 0.313 e. The predicted molar refractivity (Wildman–Crippen MR) is 97.1 cm³/mol. The van der Waals surface area contributed by atoms with E-state index in [2.05, 4.69) is 34.4 Å². The molecule has 1 aliphatic rings. The Kier molecular flexibility index (Phi) is 7.47. The zero-order valence-electron chi connectivity index (χ0n) is 15.0. The third kappa shape index (κ3) is 4.77. The van der Waals surface area contributed by atoms with Gasteiger partial charge >= 0.3 is 11.1 Å². The first kappa shape index (κ1) is 20.7. The number of Topliss-reactive ketones (excluding diaryl/α,β-unsaturated/α-hetero) is 1. The number of aromatic nitrogens is 2. The third-order valence-corrected chi connectivity index (χ3v) is 5.19. The molecule has 2 N–H and O–H groups in total. The fourth-order valence-electron chi connectivity index (χ4n) is 2.49. The lowest BCUT2D eigenvalue weighted by Crippen LogP contribution is -3.12. The molecule has 0 saturated heterocycles. The highest BCUT2D eigenvalue weighted by molar-refractivity contribution is 7.14. The molecule has 0 saturated carbocycles. The first-order valence-corrected chi connectivity index (χ1v) is 9.05. The second-order valence-corrected chi connectivity index (χ2v) is 7.07. The van der Waals surface area contributed by atoms with Gasteiger partial charge in [0.1, 0.15) is 10.8 Å². The van der Waals surface area contributed by atoms with E-state index >= 15 is 0 Å². The zero-order chi connectivity index (χ0) is 17.8. The van der Waals surface area contributed by atoms with Crippen molar-refractivity contribution in [1.82, 2.24) is 15.5 Å². The molecule has 0 aliphatic carbocycles. The van der Waals surface area contributed by atoms with Gasteiger partial charge in [0.2, 0.25) is 5.78 Å². The highest BCUT2D eigenvalue weighted by Crippen LogP contribution is 2.20. The van der Waals surface area contributed by atoms with Crippen LogP contribution in [0.3, 0.4) is 0 Å². The van der Waals surface area contributed by atoms with Gasteiger partial charge in [-0.2, -0.15) is 0 Å². The van der Waals surface area contributed by atoms with Gasteiger partial charge in [-0.3, -0.25) is 4.79 Å². The average molecular weight is 487 g/mol. The van der Waals surface area contributed by atoms with Gasteiger partial charge in [-0.1, -0.05) is 18.9 Å². The number of quaternary nitrogens is 1. The monoisotopic (exact) mass is 487 g/mol. The predicted octanol–water partition coefficient (Wildman–Crippen LogP) is -1.97. The van der Waals surface area contributed by atoms with E-state index in [0.29, 0.717) is 18.0 Å². The number of carbonyl (C=O) groups is 1. The van der Waals surface area contributed by atoms with E-state index in [-0.39, 0.29) is 36.3 Å². The number of methoxy groups -OCH3 is 1. The molecule has 0 fully saturated rings. The van der Waals surface area contributed by atoms with Crippen LogP contribution < -0.4 is 38.9 Å². The lowest BCUT2D eigenvalue weighted by atomic mass is 10.1. The van der Waals surface area contributed by atoms with E-state index < -0.39 is 0 Å². The number of aliphatic imine (C=N–C) groups is 1. The van der Waals surface area contributed by atoms with Gasteiger partial charge in [-0.25, -0.2) is 9.89 Å². The lowest BCUT2D eigenvalue weighted by Gasteiger charge is -2.14. The van der Waals surface area contributed by atoms with Crippen LogP contribution in [0.4, 0.5) is 5.13 Å². The van der Waals surface area contributed by atoms with Gasteiger partial charge in [-0.15, -0.1) is 5.10 Å². The molecule has 0 bridgehead atoms. The van der Waals surface area contributed by atoms with Crippen LogP contribution in [-0.4, -0.2) is 48.7 Å². The van der Waals surface area contributed by atoms with Crippen LogP contribution in [-0.2, 0) is 0 Å². The summed E-state index contributed by atoms with van der Waals surface area (Å²) >= 11 is 1.53. The molecule has 0 radical (unpaired) electrons. The number of rotatable bonds is 6. The highest BCUT2D eigenvalue weighted by Gasteiger charge is 2.30. The molecule has 9 heteroatoms. The number of carbonyl (C=O) groups excluding carboxylic acids is 1. The number of guanidine groups is 1. The van der Waals surface area contributed by atoms with Crippen LogP contribution in [0.25, 0.3) is 0 Å². The normalized spacial score (nSPS) is 14.4. The van der Waals surface area contributed by atoms with Crippen molar-refractivity contribution in [3.8, 4) is 5.75 Å². The van der Waals surface area contributed by atoms with Gasteiger partial charge in [0.15, 0.2) is 6.54 Å². The minimum atomic E-state index is 0. The molecule has 1 atom stereocenters. The fraction of sp³-hybridized carbons (Fsp3) is 0.412. The number of halogens is 1. The van der Waals surface area contributed by atoms with Crippen LogP contribution in [0.5, 0.6) is 5.75 Å². The smallest absolute Gasteiger partial charge is 0.313 e. The Morgan fingerprint density at radius 3 is 2.58 bits per heavy atom. The Morgan fingerprint density at radius 1 is 1.31 bits per heavy atom. The number of nitrogens with one attached hydrogen (secondary N) is 2. The van der Waals surface area contributed by atoms with E-state index in [1.165, 1.54) is 11.3 Å². The van der Waals surface area contributed by atoms with E-state index in [0.717, 1.165) is 33.3 Å². The summed E-state index contributed by atoms with van der Waals surface area (Å²) in [6, 6.07) is 7.14. The zero-order valence-corrected chi connectivity index (χ0v) is 17.9. The Balaban J connectivity index is 0.00000243. The molecular formula is C17H22IN5O2S. The van der Waals surface area contributed by atoms with Crippen LogP contribution in [0, 0.1) is 0 Å². The van der Waals surface area contributed by atoms with Gasteiger partial charge in [0.25, 0.3) is 0 Å². The van der Waals surface area contributed by atoms with Gasteiger partial charge in [-0.05, 0) is 35.6 Å². The minimum Gasteiger partial charge on any atom is -1.00 e. The summed E-state index contributed by atoms with van der Waals surface area (Å²) in [6.07, 6.45) is 0. The van der Waals surface area contributed by atoms with Crippen LogP contribution >= 0.6 is 11.3 Å². The van der Waals surface area contributed by atoms with E-state index in [9.17, 15) is 4.79 Å². The summed E-state index contributed by atoms with van der Waals surface area (Å²) in [5, 5.41) is 13.5. The van der Waals surface area contributed by atoms with Crippen molar-refractivity contribution in [2.45, 2.75) is 19.8 Å². The molecule has 2 aromatic rings. The molecule has 2 heterocycles. The quantitative estimate of drug-likeness (QED) is 0.365. The second kappa shape index (κ2) is 9.38. The second-order valence-electron chi connectivity index (χ2n) is 6.06. The summed E-state index contributed by atoms with van der Waals surface area (Å²) in [5.41, 5.74) is 0.644. The van der Waals surface area contributed by atoms with Crippen molar-refractivity contribution in [1.29, 1.82) is 0 Å². The largest absolute Gasteiger partial charge is 1.00 e. The molecule has 1 aromatic carbocycles. The summed E-state index contributed by atoms with van der Waals surface area (Å²) in [6.45, 7) is 5.90. The standard InChI is InChI=1S/C17H21N5O2S.HI/c1-11(2)15-20-21-17(25-15)22(16-18-8-9-19-16)10-14(23)12-4-6-13(24-3)7-5-12;/h4-7,11H,8-10H2,1-3H3,(H,18,19);1H. The molecule has 3 rings (SSSR count). The number of ketones is 1. The van der Waals surface area contributed by atoms with Crippen molar-refractivity contribution in [3.63, 3.8) is 0 Å². The minimum absolute atomic E-state index is 0. The van der Waals surface area contributed by atoms with Crippen molar-refractivity contribution < 1.29 is 38.4 Å². The summed E-state index contributed by atoms with van der Waals surface area (Å²) in [7, 11) is 1.61. The van der Waals surface area contributed by atoms with Crippen molar-refractivity contribution in [3.05, 3.63) is 34.8 Å². The molecule has 26 heavy (non-hydrogen) atoms. The van der Waals surface area contributed by atoms with E-state index in [1.807, 2.05) is 0 Å². The van der Waals surface area contributed by atoms with Gasteiger partial charge < -0.3 is 34.0 Å². The molecule has 1 unspecified atom stereocenters. The van der Waals surface area contributed by atoms with E-state index in [1.54, 1.807) is 31.4 Å². The Bertz CT molecular complexity index is 776. The Hall–Kier alpha value is -1.59. The molecule has 0 spiro atoms.